The van der Waals surface area contributed by atoms with E-state index in [1.165, 1.54) is 30.1 Å². The molecule has 0 spiro atoms. The van der Waals surface area contributed by atoms with Gasteiger partial charge in [-0.1, -0.05) is 24.3 Å². The highest BCUT2D eigenvalue weighted by Crippen LogP contribution is 2.27. The number of para-hydroxylation sites is 1. The first-order chi connectivity index (χ1) is 13.2. The lowest BCUT2D eigenvalue weighted by molar-refractivity contribution is -0.275. The molecule has 1 unspecified atom stereocenters. The minimum atomic E-state index is -4.81. The average molecular weight is 393 g/mol. The van der Waals surface area contributed by atoms with Gasteiger partial charge in [-0.3, -0.25) is 4.40 Å². The third-order valence-corrected chi connectivity index (χ3v) is 4.02. The van der Waals surface area contributed by atoms with Crippen molar-refractivity contribution in [1.29, 1.82) is 0 Å². The minimum absolute atomic E-state index is 0.0641. The molecule has 7 nitrogen and oxygen atoms in total. The van der Waals surface area contributed by atoms with Gasteiger partial charge in [0.15, 0.2) is 11.5 Å². The number of alkyl halides is 3. The molecule has 0 saturated carbocycles. The second kappa shape index (κ2) is 7.75. The number of pyridine rings is 1. The van der Waals surface area contributed by atoms with E-state index >= 15 is 0 Å². The zero-order valence-electron chi connectivity index (χ0n) is 15.1. The smallest absolute Gasteiger partial charge is 0.405 e. The Morgan fingerprint density at radius 1 is 1.21 bits per heavy atom. The van der Waals surface area contributed by atoms with E-state index in [2.05, 4.69) is 20.3 Å². The van der Waals surface area contributed by atoms with Gasteiger partial charge in [-0.25, -0.2) is 4.79 Å². The van der Waals surface area contributed by atoms with Gasteiger partial charge in [-0.2, -0.15) is 0 Å². The van der Waals surface area contributed by atoms with Crippen LogP contribution < -0.4 is 10.1 Å². The van der Waals surface area contributed by atoms with E-state index in [4.69, 9.17) is 0 Å². The number of aromatic nitrogens is 3. The Balaban J connectivity index is 1.68. The number of hydrogen-bond acceptors (Lipinski definition) is 4. The predicted molar refractivity (Wildman–Crippen MR) is 94.5 cm³/mol. The highest BCUT2D eigenvalue weighted by atomic mass is 19.4. The van der Waals surface area contributed by atoms with Crippen LogP contribution in [0.3, 0.4) is 0 Å². The van der Waals surface area contributed by atoms with Crippen LogP contribution in [0.1, 0.15) is 24.4 Å². The summed E-state index contributed by atoms with van der Waals surface area (Å²) in [5.74, 6) is 0.198. The fourth-order valence-electron chi connectivity index (χ4n) is 2.70. The van der Waals surface area contributed by atoms with E-state index in [9.17, 15) is 18.0 Å². The summed E-state index contributed by atoms with van der Waals surface area (Å²) < 4.78 is 43.4. The number of halogens is 3. The number of ether oxygens (including phenoxy) is 1. The number of rotatable bonds is 5. The summed E-state index contributed by atoms with van der Waals surface area (Å²) in [6, 6.07) is 10.2. The van der Waals surface area contributed by atoms with E-state index in [0.29, 0.717) is 11.5 Å². The van der Waals surface area contributed by atoms with Crippen molar-refractivity contribution in [2.24, 2.45) is 0 Å². The van der Waals surface area contributed by atoms with Gasteiger partial charge < -0.3 is 15.0 Å². The van der Waals surface area contributed by atoms with Crippen LogP contribution in [-0.4, -0.2) is 38.9 Å². The molecule has 3 rings (SSSR count). The third kappa shape index (κ3) is 4.51. The summed E-state index contributed by atoms with van der Waals surface area (Å²) >= 11 is 0. The van der Waals surface area contributed by atoms with E-state index in [1.807, 2.05) is 12.1 Å². The van der Waals surface area contributed by atoms with Crippen LogP contribution >= 0.6 is 0 Å². The Bertz CT molecular complexity index is 973. The number of hydrogen-bond donors (Lipinski definition) is 1. The van der Waals surface area contributed by atoms with Crippen molar-refractivity contribution >= 4 is 11.7 Å². The van der Waals surface area contributed by atoms with E-state index < -0.39 is 18.4 Å². The number of benzene rings is 1. The summed E-state index contributed by atoms with van der Waals surface area (Å²) in [5, 5.41) is 10.9. The zero-order chi connectivity index (χ0) is 20.3. The Morgan fingerprint density at radius 3 is 2.68 bits per heavy atom. The zero-order valence-corrected chi connectivity index (χ0v) is 15.1. The fourth-order valence-corrected chi connectivity index (χ4v) is 2.70. The van der Waals surface area contributed by atoms with E-state index in [-0.39, 0.29) is 17.9 Å². The van der Waals surface area contributed by atoms with Crippen molar-refractivity contribution in [3.8, 4) is 5.75 Å². The first kappa shape index (κ1) is 19.5. The molecule has 0 aliphatic rings. The molecular weight excluding hydrogens is 375 g/mol. The van der Waals surface area contributed by atoms with Crippen molar-refractivity contribution in [2.75, 3.05) is 7.05 Å². The van der Waals surface area contributed by atoms with Crippen molar-refractivity contribution in [3.63, 3.8) is 0 Å². The van der Waals surface area contributed by atoms with Crippen LogP contribution in [0, 0.1) is 0 Å². The van der Waals surface area contributed by atoms with Crippen molar-refractivity contribution in [1.82, 2.24) is 24.8 Å². The average Bonchev–Trinajstić information content (AvgIpc) is 3.06. The number of nitrogens with one attached hydrogen (secondary N) is 1. The number of nitrogens with zero attached hydrogens (tertiary/aromatic N) is 4. The van der Waals surface area contributed by atoms with Crippen LogP contribution in [0.25, 0.3) is 5.65 Å². The van der Waals surface area contributed by atoms with Gasteiger partial charge in [0.05, 0.1) is 12.6 Å². The van der Waals surface area contributed by atoms with Gasteiger partial charge in [-0.05, 0) is 25.1 Å². The summed E-state index contributed by atoms with van der Waals surface area (Å²) in [6.45, 7) is 1.68. The monoisotopic (exact) mass is 393 g/mol. The standard InChI is InChI=1S/C18H18F3N5O2/c1-12(16-24-23-15-9-5-6-10-26(15)16)22-17(27)25(2)11-13-7-3-4-8-14(13)28-18(19,20)21/h3-10,12H,11H2,1-2H3,(H,22,27). The van der Waals surface area contributed by atoms with Gasteiger partial charge >= 0.3 is 12.4 Å². The maximum Gasteiger partial charge on any atom is 0.573 e. The molecule has 2 aromatic heterocycles. The van der Waals surface area contributed by atoms with Gasteiger partial charge in [0.1, 0.15) is 5.75 Å². The Labute approximate surface area is 158 Å². The van der Waals surface area contributed by atoms with Crippen LogP contribution in [0.15, 0.2) is 48.7 Å². The van der Waals surface area contributed by atoms with Crippen molar-refractivity contribution in [3.05, 3.63) is 60.0 Å². The van der Waals surface area contributed by atoms with Gasteiger partial charge in [-0.15, -0.1) is 23.4 Å². The maximum atomic E-state index is 12.5. The lowest BCUT2D eigenvalue weighted by atomic mass is 10.2. The maximum absolute atomic E-state index is 12.5. The second-order valence-corrected chi connectivity index (χ2v) is 6.17. The molecule has 0 fully saturated rings. The molecule has 0 radical (unpaired) electrons. The summed E-state index contributed by atoms with van der Waals surface area (Å²) in [7, 11) is 1.48. The molecule has 2 amide bonds. The molecule has 0 saturated heterocycles. The van der Waals surface area contributed by atoms with Crippen LogP contribution in [0.4, 0.5) is 18.0 Å². The van der Waals surface area contributed by atoms with Crippen molar-refractivity contribution < 1.29 is 22.7 Å². The van der Waals surface area contributed by atoms with Crippen LogP contribution in [0.5, 0.6) is 5.75 Å². The molecule has 2 heterocycles. The molecule has 1 N–H and O–H groups in total. The first-order valence-corrected chi connectivity index (χ1v) is 8.39. The summed E-state index contributed by atoms with van der Waals surface area (Å²) in [4.78, 5) is 13.7. The van der Waals surface area contributed by atoms with Crippen LogP contribution in [-0.2, 0) is 6.54 Å². The topological polar surface area (TPSA) is 71.8 Å². The molecule has 0 bridgehead atoms. The Morgan fingerprint density at radius 2 is 1.93 bits per heavy atom. The number of carbonyl (C=O) groups is 1. The molecule has 1 atom stereocenters. The van der Waals surface area contributed by atoms with Gasteiger partial charge in [0.25, 0.3) is 0 Å². The molecule has 3 aromatic rings. The number of carbonyl (C=O) groups excluding carboxylic acids is 1. The lowest BCUT2D eigenvalue weighted by Gasteiger charge is -2.22. The predicted octanol–water partition coefficient (Wildman–Crippen LogP) is 3.53. The van der Waals surface area contributed by atoms with Crippen molar-refractivity contribution in [2.45, 2.75) is 25.9 Å². The molecule has 0 aliphatic heterocycles. The largest absolute Gasteiger partial charge is 0.573 e. The molecule has 0 aliphatic carbocycles. The normalized spacial score (nSPS) is 12.6. The molecule has 148 valence electrons. The summed E-state index contributed by atoms with van der Waals surface area (Å²) in [6.07, 6.45) is -3.03. The Kier molecular flexibility index (Phi) is 5.39. The van der Waals surface area contributed by atoms with Gasteiger partial charge in [0.2, 0.25) is 0 Å². The lowest BCUT2D eigenvalue weighted by Crippen LogP contribution is -2.38. The molecule has 1 aromatic carbocycles. The van der Waals surface area contributed by atoms with Gasteiger partial charge in [0, 0.05) is 18.8 Å². The quantitative estimate of drug-likeness (QED) is 0.720. The highest BCUT2D eigenvalue weighted by molar-refractivity contribution is 5.74. The Hall–Kier alpha value is -3.30. The molecular formula is C18H18F3N5O2. The van der Waals surface area contributed by atoms with E-state index in [1.54, 1.807) is 29.7 Å². The third-order valence-electron chi connectivity index (χ3n) is 4.02. The summed E-state index contributed by atoms with van der Waals surface area (Å²) in [5.41, 5.74) is 0.878. The SMILES string of the molecule is CC(NC(=O)N(C)Cc1ccccc1OC(F)(F)F)c1nnc2ccccn12. The highest BCUT2D eigenvalue weighted by Gasteiger charge is 2.32. The fraction of sp³-hybridized carbons (Fsp3) is 0.278. The number of urea groups is 1. The molecule has 10 heteroatoms. The second-order valence-electron chi connectivity index (χ2n) is 6.17. The van der Waals surface area contributed by atoms with Crippen LogP contribution in [0.2, 0.25) is 0 Å². The minimum Gasteiger partial charge on any atom is -0.405 e. The molecule has 28 heavy (non-hydrogen) atoms. The van der Waals surface area contributed by atoms with E-state index in [0.717, 1.165) is 0 Å². The number of fused-ring (bicyclic) bond motifs is 1. The number of amides is 2. The first-order valence-electron chi connectivity index (χ1n) is 8.39.